The van der Waals surface area contributed by atoms with Gasteiger partial charge in [0, 0.05) is 6.07 Å². The van der Waals surface area contributed by atoms with E-state index in [1.165, 1.54) is 37.6 Å². The van der Waals surface area contributed by atoms with Crippen LogP contribution >= 0.6 is 11.6 Å². The molecule has 1 aromatic heterocycles. The van der Waals surface area contributed by atoms with Crippen LogP contribution in [0, 0.1) is 21.4 Å². The third-order valence-electron chi connectivity index (χ3n) is 4.49. The third kappa shape index (κ3) is 5.90. The van der Waals surface area contributed by atoms with Gasteiger partial charge in [0.1, 0.15) is 24.0 Å². The lowest BCUT2D eigenvalue weighted by Gasteiger charge is -2.13. The number of nitrogens with zero attached hydrogens (tertiary/aromatic N) is 2. The van der Waals surface area contributed by atoms with Crippen molar-refractivity contribution in [1.29, 1.82) is 5.26 Å². The first-order valence-corrected chi connectivity index (χ1v) is 9.95. The van der Waals surface area contributed by atoms with Gasteiger partial charge in [0.2, 0.25) is 0 Å². The van der Waals surface area contributed by atoms with E-state index in [0.717, 1.165) is 0 Å². The molecule has 1 N–H and O–H groups in total. The van der Waals surface area contributed by atoms with Gasteiger partial charge in [-0.15, -0.1) is 0 Å². The Kier molecular flexibility index (Phi) is 7.68. The molecule has 0 atom stereocenters. The van der Waals surface area contributed by atoms with Crippen LogP contribution in [0.2, 0.25) is 5.02 Å². The molecule has 9 nitrogen and oxygen atoms in total. The number of carbonyl (C=O) groups excluding carboxylic acids is 1. The summed E-state index contributed by atoms with van der Waals surface area (Å²) in [6, 6.07) is 14.5. The number of para-hydroxylation sites is 1. The van der Waals surface area contributed by atoms with Crippen molar-refractivity contribution in [2.45, 2.75) is 13.2 Å². The summed E-state index contributed by atoms with van der Waals surface area (Å²) in [6.45, 7) is 0.0222. The van der Waals surface area contributed by atoms with Crippen LogP contribution < -0.4 is 14.8 Å². The fourth-order valence-electron chi connectivity index (χ4n) is 2.92. The Morgan fingerprint density at radius 1 is 1.30 bits per heavy atom. The molecule has 2 aromatic carbocycles. The van der Waals surface area contributed by atoms with E-state index < -0.39 is 10.8 Å². The quantitative estimate of drug-likeness (QED) is 0.210. The topological polar surface area (TPSA) is 128 Å². The van der Waals surface area contributed by atoms with Gasteiger partial charge in [0.25, 0.3) is 11.6 Å². The highest BCUT2D eigenvalue weighted by Gasteiger charge is 2.17. The number of nitrogens with one attached hydrogen (secondary N) is 1. The number of rotatable bonds is 9. The lowest BCUT2D eigenvalue weighted by Crippen LogP contribution is -2.23. The Morgan fingerprint density at radius 2 is 2.09 bits per heavy atom. The van der Waals surface area contributed by atoms with Gasteiger partial charge in [-0.05, 0) is 42.0 Å². The molecule has 0 fully saturated rings. The van der Waals surface area contributed by atoms with Crippen LogP contribution in [0.25, 0.3) is 6.08 Å². The molecule has 168 valence electrons. The highest BCUT2D eigenvalue weighted by atomic mass is 35.5. The fraction of sp³-hybridized carbons (Fsp3) is 0.130. The van der Waals surface area contributed by atoms with Crippen LogP contribution in [0.15, 0.2) is 64.8 Å². The monoisotopic (exact) mass is 467 g/mol. The number of hydrogen-bond acceptors (Lipinski definition) is 7. The second kappa shape index (κ2) is 10.8. The van der Waals surface area contributed by atoms with Gasteiger partial charge >= 0.3 is 0 Å². The molecular weight excluding hydrogens is 450 g/mol. The summed E-state index contributed by atoms with van der Waals surface area (Å²) in [4.78, 5) is 23.0. The molecular formula is C23H18ClN3O6. The van der Waals surface area contributed by atoms with Gasteiger partial charge in [-0.3, -0.25) is 14.9 Å². The number of furan rings is 1. The van der Waals surface area contributed by atoms with Crippen LogP contribution in [0.5, 0.6) is 11.5 Å². The largest absolute Gasteiger partial charge is 0.493 e. The second-order valence-electron chi connectivity index (χ2n) is 6.64. The molecule has 3 aromatic rings. The van der Waals surface area contributed by atoms with Crippen LogP contribution in [-0.4, -0.2) is 17.9 Å². The van der Waals surface area contributed by atoms with Crippen molar-refractivity contribution < 1.29 is 23.6 Å². The van der Waals surface area contributed by atoms with Crippen molar-refractivity contribution in [3.05, 3.63) is 92.4 Å². The normalized spacial score (nSPS) is 10.9. The molecule has 0 spiro atoms. The van der Waals surface area contributed by atoms with E-state index in [2.05, 4.69) is 5.32 Å². The molecule has 33 heavy (non-hydrogen) atoms. The summed E-state index contributed by atoms with van der Waals surface area (Å²) in [5, 5.41) is 23.3. The minimum absolute atomic E-state index is 0.0774. The minimum Gasteiger partial charge on any atom is -0.493 e. The zero-order valence-corrected chi connectivity index (χ0v) is 18.2. The number of amides is 1. The van der Waals surface area contributed by atoms with Crippen molar-refractivity contribution in [2.24, 2.45) is 0 Å². The maximum absolute atomic E-state index is 12.3. The summed E-state index contributed by atoms with van der Waals surface area (Å²) in [5.74, 6) is 0.377. The first-order chi connectivity index (χ1) is 15.9. The van der Waals surface area contributed by atoms with Crippen molar-refractivity contribution in [3.63, 3.8) is 0 Å². The molecule has 1 heterocycles. The summed E-state index contributed by atoms with van der Waals surface area (Å²) in [6.07, 6.45) is 2.84. The van der Waals surface area contributed by atoms with Crippen LogP contribution in [0.3, 0.4) is 0 Å². The van der Waals surface area contributed by atoms with Crippen molar-refractivity contribution in [2.75, 3.05) is 7.11 Å². The van der Waals surface area contributed by atoms with E-state index in [4.69, 9.17) is 25.5 Å². The second-order valence-corrected chi connectivity index (χ2v) is 7.05. The molecule has 0 aliphatic heterocycles. The standard InChI is InChI=1S/C23H18ClN3O6/c1-31-21-11-15(9-17(12-25)23(28)26-13-18-6-4-8-32-18)10-19(24)22(21)33-14-16-5-2-3-7-20(16)27(29)30/h2-11H,13-14H2,1H3,(H,26,28). The molecule has 3 rings (SSSR count). The zero-order chi connectivity index (χ0) is 23.8. The number of halogens is 1. The summed E-state index contributed by atoms with van der Waals surface area (Å²) >= 11 is 6.35. The van der Waals surface area contributed by atoms with Gasteiger partial charge in [-0.1, -0.05) is 23.7 Å². The van der Waals surface area contributed by atoms with Crippen LogP contribution in [0.1, 0.15) is 16.9 Å². The molecule has 1 amide bonds. The first kappa shape index (κ1) is 23.4. The molecule has 0 aliphatic rings. The van der Waals surface area contributed by atoms with Gasteiger partial charge in [0.05, 0.1) is 35.4 Å². The third-order valence-corrected chi connectivity index (χ3v) is 4.77. The fourth-order valence-corrected chi connectivity index (χ4v) is 3.19. The maximum atomic E-state index is 12.3. The molecule has 10 heteroatoms. The predicted octanol–water partition coefficient (Wildman–Crippen LogP) is 4.65. The van der Waals surface area contributed by atoms with E-state index in [1.807, 2.05) is 6.07 Å². The van der Waals surface area contributed by atoms with Gasteiger partial charge in [-0.25, -0.2) is 0 Å². The van der Waals surface area contributed by atoms with Crippen LogP contribution in [-0.2, 0) is 17.9 Å². The highest BCUT2D eigenvalue weighted by molar-refractivity contribution is 6.32. The van der Waals surface area contributed by atoms with Crippen molar-refractivity contribution in [3.8, 4) is 17.6 Å². The molecule has 0 aliphatic carbocycles. The van der Waals surface area contributed by atoms with E-state index in [1.54, 1.807) is 30.3 Å². The number of methoxy groups -OCH3 is 1. The van der Waals surface area contributed by atoms with Crippen molar-refractivity contribution >= 4 is 29.3 Å². The molecule has 0 saturated carbocycles. The Hall–Kier alpha value is -4.29. The van der Waals surface area contributed by atoms with E-state index in [-0.39, 0.29) is 40.9 Å². The predicted molar refractivity (Wildman–Crippen MR) is 120 cm³/mol. The van der Waals surface area contributed by atoms with Gasteiger partial charge in [0.15, 0.2) is 11.5 Å². The lowest BCUT2D eigenvalue weighted by atomic mass is 10.1. The number of nitriles is 1. The number of ether oxygens (including phenoxy) is 2. The Morgan fingerprint density at radius 3 is 2.76 bits per heavy atom. The number of carbonyl (C=O) groups is 1. The Labute approximate surface area is 193 Å². The lowest BCUT2D eigenvalue weighted by molar-refractivity contribution is -0.385. The summed E-state index contributed by atoms with van der Waals surface area (Å²) in [7, 11) is 1.40. The van der Waals surface area contributed by atoms with Gasteiger partial charge in [-0.2, -0.15) is 5.26 Å². The van der Waals surface area contributed by atoms with E-state index in [9.17, 15) is 20.2 Å². The zero-order valence-electron chi connectivity index (χ0n) is 17.4. The maximum Gasteiger partial charge on any atom is 0.276 e. The van der Waals surface area contributed by atoms with Crippen molar-refractivity contribution in [1.82, 2.24) is 5.32 Å². The number of nitro benzene ring substituents is 1. The first-order valence-electron chi connectivity index (χ1n) is 9.58. The SMILES string of the molecule is COc1cc(C=C(C#N)C(=O)NCc2ccco2)cc(Cl)c1OCc1ccccc1[N+](=O)[O-]. The van der Waals surface area contributed by atoms with E-state index >= 15 is 0 Å². The smallest absolute Gasteiger partial charge is 0.276 e. The average Bonchev–Trinajstić information content (AvgIpc) is 3.33. The molecule has 0 bridgehead atoms. The Balaban J connectivity index is 1.80. The van der Waals surface area contributed by atoms with E-state index in [0.29, 0.717) is 16.9 Å². The number of benzene rings is 2. The number of nitro groups is 1. The van der Waals surface area contributed by atoms with Crippen LogP contribution in [0.4, 0.5) is 5.69 Å². The summed E-state index contributed by atoms with van der Waals surface area (Å²) in [5.41, 5.74) is 0.573. The number of hydrogen-bond donors (Lipinski definition) is 1. The average molecular weight is 468 g/mol. The molecule has 0 unspecified atom stereocenters. The minimum atomic E-state index is -0.583. The molecule has 0 saturated heterocycles. The summed E-state index contributed by atoms with van der Waals surface area (Å²) < 4.78 is 16.2. The van der Waals surface area contributed by atoms with Gasteiger partial charge < -0.3 is 19.2 Å². The Bertz CT molecular complexity index is 1230. The highest BCUT2D eigenvalue weighted by Crippen LogP contribution is 2.38. The molecule has 0 radical (unpaired) electrons.